The van der Waals surface area contributed by atoms with Crippen LogP contribution in [0.2, 0.25) is 5.02 Å². The highest BCUT2D eigenvalue weighted by Crippen LogP contribution is 2.39. The first-order chi connectivity index (χ1) is 17.0. The second-order valence-electron chi connectivity index (χ2n) is 10.1. The van der Waals surface area contributed by atoms with Crippen LogP contribution in [0.4, 0.5) is 19.3 Å². The minimum atomic E-state index is -0.882. The average Bonchev–Trinajstić information content (AvgIpc) is 3.12. The smallest absolute Gasteiger partial charge is 0.410 e. The van der Waals surface area contributed by atoms with Crippen molar-refractivity contribution in [3.8, 4) is 11.3 Å². The molecule has 2 N–H and O–H groups in total. The molecule has 188 valence electrons. The molecule has 2 saturated heterocycles. The average molecular weight is 515 g/mol. The summed E-state index contributed by atoms with van der Waals surface area (Å²) in [5.41, 5.74) is 5.19. The van der Waals surface area contributed by atoms with E-state index in [1.165, 1.54) is 12.3 Å². The molecule has 10 heteroatoms. The molecule has 0 spiro atoms. The van der Waals surface area contributed by atoms with Gasteiger partial charge in [-0.15, -0.1) is 0 Å². The molecule has 2 atom stereocenters. The van der Waals surface area contributed by atoms with E-state index in [9.17, 15) is 14.0 Å². The van der Waals surface area contributed by atoms with Crippen molar-refractivity contribution in [1.29, 1.82) is 0 Å². The zero-order chi connectivity index (χ0) is 25.9. The van der Waals surface area contributed by atoms with Crippen LogP contribution in [0.1, 0.15) is 37.6 Å². The number of aromatic nitrogens is 1. The molecule has 2 aliphatic heterocycles. The summed E-state index contributed by atoms with van der Waals surface area (Å²) < 4.78 is 35.1. The maximum atomic E-state index is 15.5. The zero-order valence-electron chi connectivity index (χ0n) is 20.0. The monoisotopic (exact) mass is 514 g/mol. The predicted octanol–water partition coefficient (Wildman–Crippen LogP) is 5.25. The summed E-state index contributed by atoms with van der Waals surface area (Å²) in [7, 11) is 0. The molecular weight excluding hydrogens is 490 g/mol. The summed E-state index contributed by atoms with van der Waals surface area (Å²) in [5.74, 6) is -1.98. The Morgan fingerprint density at radius 1 is 1.14 bits per heavy atom. The normalized spacial score (nSPS) is 19.3. The molecule has 0 radical (unpaired) electrons. The van der Waals surface area contributed by atoms with E-state index in [1.807, 2.05) is 0 Å². The first kappa shape index (κ1) is 24.2. The molecule has 2 amide bonds. The fourth-order valence-corrected chi connectivity index (χ4v) is 5.20. The SMILES string of the molecule is CC(C)(C)OC(=O)N1CC[C@@H]2[C@H]1CN2C(=O)c1cnc(-c2cccc3ccc(F)c(Cl)c23)c(F)c1N. The van der Waals surface area contributed by atoms with E-state index in [0.29, 0.717) is 30.3 Å². The van der Waals surface area contributed by atoms with E-state index < -0.39 is 29.2 Å². The first-order valence-corrected chi connectivity index (χ1v) is 12.0. The van der Waals surface area contributed by atoms with Gasteiger partial charge >= 0.3 is 6.09 Å². The van der Waals surface area contributed by atoms with Crippen LogP contribution in [0.3, 0.4) is 0 Å². The number of benzene rings is 2. The number of nitrogens with zero attached hydrogens (tertiary/aromatic N) is 3. The van der Waals surface area contributed by atoms with Crippen LogP contribution in [0, 0.1) is 11.6 Å². The number of pyridine rings is 1. The van der Waals surface area contributed by atoms with Crippen molar-refractivity contribution in [3.63, 3.8) is 0 Å². The first-order valence-electron chi connectivity index (χ1n) is 11.6. The Labute approximate surface area is 211 Å². The maximum absolute atomic E-state index is 15.5. The number of halogens is 3. The number of hydrogen-bond donors (Lipinski definition) is 1. The number of anilines is 1. The number of amides is 2. The molecule has 0 saturated carbocycles. The largest absolute Gasteiger partial charge is 0.444 e. The van der Waals surface area contributed by atoms with Gasteiger partial charge in [-0.25, -0.2) is 13.6 Å². The summed E-state index contributed by atoms with van der Waals surface area (Å²) in [6.45, 7) is 6.15. The predicted molar refractivity (Wildman–Crippen MR) is 133 cm³/mol. The Balaban J connectivity index is 1.41. The molecule has 5 rings (SSSR count). The van der Waals surface area contributed by atoms with Crippen LogP contribution in [0.25, 0.3) is 22.0 Å². The Morgan fingerprint density at radius 2 is 1.89 bits per heavy atom. The third-order valence-electron chi connectivity index (χ3n) is 6.66. The van der Waals surface area contributed by atoms with Crippen molar-refractivity contribution >= 4 is 40.1 Å². The molecule has 0 aliphatic carbocycles. The van der Waals surface area contributed by atoms with E-state index in [4.69, 9.17) is 22.1 Å². The summed E-state index contributed by atoms with van der Waals surface area (Å²) >= 11 is 6.19. The quantitative estimate of drug-likeness (QED) is 0.504. The molecule has 1 aromatic heterocycles. The number of ether oxygens (including phenoxy) is 1. The molecule has 0 unspecified atom stereocenters. The lowest BCUT2D eigenvalue weighted by molar-refractivity contribution is -0.00675. The van der Waals surface area contributed by atoms with E-state index in [-0.39, 0.29) is 39.6 Å². The van der Waals surface area contributed by atoms with Crippen molar-refractivity contribution < 1.29 is 23.1 Å². The highest BCUT2D eigenvalue weighted by atomic mass is 35.5. The van der Waals surface area contributed by atoms with E-state index in [0.717, 1.165) is 0 Å². The minimum absolute atomic E-state index is 0.0667. The standard InChI is InChI=1S/C26H25ClF2N4O3/c1-26(2,3)36-25(35)32-10-9-17-18(32)12-33(17)24(34)15-11-31-23(21(29)22(15)30)14-6-4-5-13-7-8-16(28)20(27)19(13)14/h4-8,11,17-18H,9-10,12H2,1-3H3,(H2,30,31)/t17-,18-/m1/s1. The van der Waals surface area contributed by atoms with Crippen molar-refractivity contribution in [1.82, 2.24) is 14.8 Å². The molecule has 36 heavy (non-hydrogen) atoms. The van der Waals surface area contributed by atoms with Gasteiger partial charge in [0.05, 0.1) is 28.4 Å². The Morgan fingerprint density at radius 3 is 2.61 bits per heavy atom. The van der Waals surface area contributed by atoms with E-state index >= 15 is 4.39 Å². The van der Waals surface area contributed by atoms with Gasteiger partial charge in [0.15, 0.2) is 5.82 Å². The number of carbonyl (C=O) groups excluding carboxylic acids is 2. The lowest BCUT2D eigenvalue weighted by Gasteiger charge is -2.46. The summed E-state index contributed by atoms with van der Waals surface area (Å²) in [5, 5.41) is 0.773. The van der Waals surface area contributed by atoms with Gasteiger partial charge in [0.2, 0.25) is 0 Å². The van der Waals surface area contributed by atoms with E-state index in [1.54, 1.807) is 54.8 Å². The Hall–Kier alpha value is -3.46. The zero-order valence-corrected chi connectivity index (χ0v) is 20.8. The second kappa shape index (κ2) is 8.58. The highest BCUT2D eigenvalue weighted by molar-refractivity contribution is 6.36. The number of hydrogen-bond acceptors (Lipinski definition) is 5. The van der Waals surface area contributed by atoms with Crippen molar-refractivity contribution in [2.45, 2.75) is 44.9 Å². The fourth-order valence-electron chi connectivity index (χ4n) is 4.92. The van der Waals surface area contributed by atoms with Gasteiger partial charge in [-0.3, -0.25) is 9.78 Å². The topological polar surface area (TPSA) is 88.8 Å². The second-order valence-corrected chi connectivity index (χ2v) is 10.4. The van der Waals surface area contributed by atoms with Gasteiger partial charge in [0.25, 0.3) is 5.91 Å². The van der Waals surface area contributed by atoms with Gasteiger partial charge in [-0.1, -0.05) is 35.9 Å². The number of fused-ring (bicyclic) bond motifs is 2. The number of carbonyl (C=O) groups is 2. The van der Waals surface area contributed by atoms with Gasteiger partial charge in [0.1, 0.15) is 17.1 Å². The van der Waals surface area contributed by atoms with Crippen LogP contribution in [-0.4, -0.2) is 57.6 Å². The van der Waals surface area contributed by atoms with Gasteiger partial charge in [-0.2, -0.15) is 0 Å². The lowest BCUT2D eigenvalue weighted by atomic mass is 9.95. The van der Waals surface area contributed by atoms with Crippen LogP contribution in [0.15, 0.2) is 36.5 Å². The summed E-state index contributed by atoms with van der Waals surface area (Å²) in [6, 6.07) is 7.40. The summed E-state index contributed by atoms with van der Waals surface area (Å²) in [4.78, 5) is 33.1. The lowest BCUT2D eigenvalue weighted by Crippen LogP contribution is -2.64. The van der Waals surface area contributed by atoms with Gasteiger partial charge in [-0.05, 0) is 38.6 Å². The van der Waals surface area contributed by atoms with Gasteiger partial charge in [0, 0.05) is 30.2 Å². The van der Waals surface area contributed by atoms with Crippen LogP contribution in [-0.2, 0) is 4.74 Å². The molecule has 3 heterocycles. The van der Waals surface area contributed by atoms with Crippen LogP contribution in [0.5, 0.6) is 0 Å². The molecule has 2 aromatic carbocycles. The van der Waals surface area contributed by atoms with Gasteiger partial charge < -0.3 is 20.3 Å². The highest BCUT2D eigenvalue weighted by Gasteiger charge is 2.52. The third kappa shape index (κ3) is 3.91. The van der Waals surface area contributed by atoms with Crippen molar-refractivity contribution in [2.24, 2.45) is 0 Å². The van der Waals surface area contributed by atoms with Crippen LogP contribution >= 0.6 is 11.6 Å². The Kier molecular flexibility index (Phi) is 5.78. The Bertz CT molecular complexity index is 1410. The fraction of sp³-hybridized carbons (Fsp3) is 0.346. The molecule has 2 aliphatic rings. The molecule has 7 nitrogen and oxygen atoms in total. The molecule has 3 aromatic rings. The molecule has 0 bridgehead atoms. The molecular formula is C26H25ClF2N4O3. The van der Waals surface area contributed by atoms with Crippen LogP contribution < -0.4 is 5.73 Å². The number of nitrogen functional groups attached to an aromatic ring is 1. The maximum Gasteiger partial charge on any atom is 0.410 e. The minimum Gasteiger partial charge on any atom is -0.444 e. The summed E-state index contributed by atoms with van der Waals surface area (Å²) in [6.07, 6.45) is 1.41. The number of nitrogens with two attached hydrogens (primary N) is 1. The number of likely N-dealkylation sites (tertiary alicyclic amines) is 2. The third-order valence-corrected chi connectivity index (χ3v) is 7.03. The van der Waals surface area contributed by atoms with E-state index in [2.05, 4.69) is 4.98 Å². The number of rotatable bonds is 2. The van der Waals surface area contributed by atoms with Crippen molar-refractivity contribution in [2.75, 3.05) is 18.8 Å². The molecule has 2 fully saturated rings. The van der Waals surface area contributed by atoms with Crippen molar-refractivity contribution in [3.05, 3.63) is 58.7 Å².